The van der Waals surface area contributed by atoms with Crippen molar-refractivity contribution in [2.45, 2.75) is 37.6 Å². The van der Waals surface area contributed by atoms with Crippen LogP contribution in [0.1, 0.15) is 35.8 Å². The molecular formula is C20H21F3N6O. The Morgan fingerprint density at radius 3 is 2.73 bits per heavy atom. The van der Waals surface area contributed by atoms with Crippen LogP contribution in [0.25, 0.3) is 5.69 Å². The molecule has 0 aliphatic carbocycles. The highest BCUT2D eigenvalue weighted by Gasteiger charge is 2.38. The van der Waals surface area contributed by atoms with Crippen molar-refractivity contribution in [3.63, 3.8) is 0 Å². The van der Waals surface area contributed by atoms with Crippen LogP contribution >= 0.6 is 0 Å². The van der Waals surface area contributed by atoms with Crippen LogP contribution in [-0.4, -0.2) is 37.9 Å². The molecule has 3 N–H and O–H groups in total. The Morgan fingerprint density at radius 2 is 1.97 bits per heavy atom. The summed E-state index contributed by atoms with van der Waals surface area (Å²) in [5.41, 5.74) is 1.76. The van der Waals surface area contributed by atoms with Crippen LogP contribution in [0, 0.1) is 0 Å². The Hall–Kier alpha value is -2.98. The summed E-state index contributed by atoms with van der Waals surface area (Å²) in [5.74, 6) is -1.22. The van der Waals surface area contributed by atoms with E-state index in [1.165, 1.54) is 18.2 Å². The van der Waals surface area contributed by atoms with Gasteiger partial charge in [0, 0.05) is 24.2 Å². The smallest absolute Gasteiger partial charge is 0.453 e. The van der Waals surface area contributed by atoms with Gasteiger partial charge in [0.25, 0.3) is 5.82 Å². The van der Waals surface area contributed by atoms with Gasteiger partial charge in [-0.3, -0.25) is 0 Å². The SMILES string of the molecule is Oc1ccc(-n2nnnc2C(F)(F)F)cc1CN[C@H]1CCCN[C@@H]1c1ccccc1. The summed E-state index contributed by atoms with van der Waals surface area (Å²) in [6, 6.07) is 14.4. The lowest BCUT2D eigenvalue weighted by atomic mass is 9.92. The maximum atomic E-state index is 13.1. The number of alkyl halides is 3. The second kappa shape index (κ2) is 8.41. The number of nitrogens with zero attached hydrogens (tertiary/aromatic N) is 4. The molecule has 30 heavy (non-hydrogen) atoms. The first kappa shape index (κ1) is 20.3. The van der Waals surface area contributed by atoms with Crippen LogP contribution in [0.5, 0.6) is 5.75 Å². The van der Waals surface area contributed by atoms with Crippen LogP contribution in [-0.2, 0) is 12.7 Å². The van der Waals surface area contributed by atoms with Gasteiger partial charge in [-0.25, -0.2) is 0 Å². The molecule has 1 aromatic heterocycles. The minimum Gasteiger partial charge on any atom is -0.508 e. The molecule has 0 amide bonds. The summed E-state index contributed by atoms with van der Waals surface area (Å²) in [6.07, 6.45) is -2.73. The Morgan fingerprint density at radius 1 is 1.17 bits per heavy atom. The zero-order valence-electron chi connectivity index (χ0n) is 16.0. The molecule has 3 aromatic rings. The Balaban J connectivity index is 1.54. The molecule has 158 valence electrons. The zero-order valence-corrected chi connectivity index (χ0v) is 16.0. The van der Waals surface area contributed by atoms with Gasteiger partial charge in [-0.15, -0.1) is 5.10 Å². The quantitative estimate of drug-likeness (QED) is 0.591. The average Bonchev–Trinajstić information content (AvgIpc) is 3.25. The number of aromatic hydroxyl groups is 1. The fraction of sp³-hybridized carbons (Fsp3) is 0.350. The third-order valence-corrected chi connectivity index (χ3v) is 5.20. The van der Waals surface area contributed by atoms with Crippen molar-refractivity contribution in [1.82, 2.24) is 30.8 Å². The molecule has 2 atom stereocenters. The van der Waals surface area contributed by atoms with Gasteiger partial charge in [0.2, 0.25) is 0 Å². The standard InChI is InChI=1S/C20H21F3N6O/c21-20(22,23)19-26-27-28-29(19)15-8-9-17(30)14(11-15)12-25-16-7-4-10-24-18(16)13-5-2-1-3-6-13/h1-3,5-6,8-9,11,16,18,24-25,30H,4,7,10,12H2/t16-,18+/m0/s1. The van der Waals surface area contributed by atoms with Gasteiger partial charge in [0.15, 0.2) is 0 Å². The highest BCUT2D eigenvalue weighted by molar-refractivity contribution is 5.43. The van der Waals surface area contributed by atoms with Gasteiger partial charge in [-0.05, 0) is 53.6 Å². The molecular weight excluding hydrogens is 397 g/mol. The van der Waals surface area contributed by atoms with Gasteiger partial charge in [-0.2, -0.15) is 17.9 Å². The van der Waals surface area contributed by atoms with E-state index in [-0.39, 0.29) is 23.5 Å². The molecule has 0 bridgehead atoms. The second-order valence-electron chi connectivity index (χ2n) is 7.20. The second-order valence-corrected chi connectivity index (χ2v) is 7.20. The lowest BCUT2D eigenvalue weighted by molar-refractivity contribution is -0.146. The molecule has 1 aliphatic rings. The number of phenols is 1. The number of benzene rings is 2. The first-order chi connectivity index (χ1) is 14.4. The molecule has 0 radical (unpaired) electrons. The molecule has 0 unspecified atom stereocenters. The van der Waals surface area contributed by atoms with Crippen molar-refractivity contribution in [1.29, 1.82) is 0 Å². The Bertz CT molecular complexity index is 992. The molecule has 0 saturated carbocycles. The third-order valence-electron chi connectivity index (χ3n) is 5.20. The number of halogens is 3. The fourth-order valence-corrected chi connectivity index (χ4v) is 3.74. The van der Waals surface area contributed by atoms with E-state index in [2.05, 4.69) is 38.3 Å². The molecule has 1 saturated heterocycles. The van der Waals surface area contributed by atoms with Crippen LogP contribution in [0.2, 0.25) is 0 Å². The van der Waals surface area contributed by atoms with Crippen LogP contribution in [0.4, 0.5) is 13.2 Å². The van der Waals surface area contributed by atoms with E-state index in [4.69, 9.17) is 0 Å². The van der Waals surface area contributed by atoms with Gasteiger partial charge >= 0.3 is 6.18 Å². The van der Waals surface area contributed by atoms with Crippen molar-refractivity contribution in [2.75, 3.05) is 6.54 Å². The summed E-state index contributed by atoms with van der Waals surface area (Å²) in [5, 5.41) is 26.8. The van der Waals surface area contributed by atoms with E-state index in [0.717, 1.165) is 24.9 Å². The molecule has 0 spiro atoms. The third kappa shape index (κ3) is 4.29. The fourth-order valence-electron chi connectivity index (χ4n) is 3.74. The van der Waals surface area contributed by atoms with Crippen LogP contribution in [0.3, 0.4) is 0 Å². The number of nitrogens with one attached hydrogen (secondary N) is 2. The monoisotopic (exact) mass is 418 g/mol. The maximum absolute atomic E-state index is 13.1. The Labute approximate surface area is 170 Å². The minimum absolute atomic E-state index is 0.00656. The lowest BCUT2D eigenvalue weighted by Gasteiger charge is -2.34. The molecule has 1 fully saturated rings. The zero-order chi connectivity index (χ0) is 21.1. The molecule has 4 rings (SSSR count). The van der Waals surface area contributed by atoms with Gasteiger partial charge < -0.3 is 15.7 Å². The number of aromatic nitrogens is 4. The average molecular weight is 418 g/mol. The number of piperidine rings is 1. The van der Waals surface area contributed by atoms with Crippen molar-refractivity contribution in [3.05, 3.63) is 65.5 Å². The Kier molecular flexibility index (Phi) is 5.69. The van der Waals surface area contributed by atoms with E-state index in [1.807, 2.05) is 18.2 Å². The van der Waals surface area contributed by atoms with Crippen molar-refractivity contribution in [2.24, 2.45) is 0 Å². The maximum Gasteiger partial charge on any atom is 0.453 e. The van der Waals surface area contributed by atoms with Crippen LogP contribution in [0.15, 0.2) is 48.5 Å². The predicted octanol–water partition coefficient (Wildman–Crippen LogP) is 2.97. The summed E-state index contributed by atoms with van der Waals surface area (Å²) in [4.78, 5) is 0. The highest BCUT2D eigenvalue weighted by atomic mass is 19.4. The normalized spacial score (nSPS) is 19.7. The number of tetrazole rings is 1. The summed E-state index contributed by atoms with van der Waals surface area (Å²) in [6.45, 7) is 1.21. The summed E-state index contributed by atoms with van der Waals surface area (Å²) >= 11 is 0. The highest BCUT2D eigenvalue weighted by Crippen LogP contribution is 2.30. The summed E-state index contributed by atoms with van der Waals surface area (Å²) < 4.78 is 40.0. The van der Waals surface area contributed by atoms with E-state index in [9.17, 15) is 18.3 Å². The van der Waals surface area contributed by atoms with Gasteiger partial charge in [0.05, 0.1) is 5.69 Å². The molecule has 2 aromatic carbocycles. The van der Waals surface area contributed by atoms with Gasteiger partial charge in [-0.1, -0.05) is 30.3 Å². The van der Waals surface area contributed by atoms with Crippen LogP contribution < -0.4 is 10.6 Å². The van der Waals surface area contributed by atoms with E-state index in [0.29, 0.717) is 16.8 Å². The number of hydrogen-bond donors (Lipinski definition) is 3. The molecule has 1 aliphatic heterocycles. The van der Waals surface area contributed by atoms with E-state index >= 15 is 0 Å². The predicted molar refractivity (Wildman–Crippen MR) is 103 cm³/mol. The number of hydrogen-bond acceptors (Lipinski definition) is 6. The molecule has 2 heterocycles. The molecule has 7 nitrogen and oxygen atoms in total. The van der Waals surface area contributed by atoms with Crippen molar-refractivity contribution < 1.29 is 18.3 Å². The summed E-state index contributed by atoms with van der Waals surface area (Å²) in [7, 11) is 0. The first-order valence-electron chi connectivity index (χ1n) is 9.63. The lowest BCUT2D eigenvalue weighted by Crippen LogP contribution is -2.45. The van der Waals surface area contributed by atoms with Crippen molar-refractivity contribution >= 4 is 0 Å². The minimum atomic E-state index is -4.68. The number of rotatable bonds is 5. The van der Waals surface area contributed by atoms with Gasteiger partial charge in [0.1, 0.15) is 5.75 Å². The molecule has 10 heteroatoms. The van der Waals surface area contributed by atoms with Crippen molar-refractivity contribution in [3.8, 4) is 11.4 Å². The first-order valence-corrected chi connectivity index (χ1v) is 9.63. The number of phenolic OH excluding ortho intramolecular Hbond substituents is 1. The van der Waals surface area contributed by atoms with E-state index < -0.39 is 12.0 Å². The topological polar surface area (TPSA) is 87.9 Å². The van der Waals surface area contributed by atoms with E-state index in [1.54, 1.807) is 0 Å². The largest absolute Gasteiger partial charge is 0.508 e.